The van der Waals surface area contributed by atoms with E-state index in [-0.39, 0.29) is 23.8 Å². The van der Waals surface area contributed by atoms with Crippen LogP contribution in [0, 0.1) is 13.8 Å². The van der Waals surface area contributed by atoms with E-state index in [1.807, 2.05) is 0 Å². The van der Waals surface area contributed by atoms with E-state index in [4.69, 9.17) is 9.26 Å². The zero-order valence-corrected chi connectivity index (χ0v) is 12.3. The number of aromatic nitrogens is 3. The van der Waals surface area contributed by atoms with Gasteiger partial charge in [-0.05, 0) is 13.8 Å². The Kier molecular flexibility index (Phi) is 3.76. The van der Waals surface area contributed by atoms with Crippen molar-refractivity contribution in [2.75, 3.05) is 19.8 Å². The highest BCUT2D eigenvalue weighted by Crippen LogP contribution is 2.24. The summed E-state index contributed by atoms with van der Waals surface area (Å²) in [6.45, 7) is 4.56. The van der Waals surface area contributed by atoms with Crippen molar-refractivity contribution in [3.63, 3.8) is 0 Å². The molecule has 2 aromatic rings. The molecule has 0 saturated carbocycles. The van der Waals surface area contributed by atoms with E-state index in [0.717, 1.165) is 0 Å². The van der Waals surface area contributed by atoms with Crippen LogP contribution in [-0.2, 0) is 4.74 Å². The molecule has 1 fully saturated rings. The van der Waals surface area contributed by atoms with Crippen molar-refractivity contribution in [3.05, 3.63) is 45.5 Å². The lowest BCUT2D eigenvalue weighted by atomic mass is 10.1. The fourth-order valence-electron chi connectivity index (χ4n) is 2.47. The molecule has 1 atom stereocenters. The second-order valence-corrected chi connectivity index (χ2v) is 5.18. The molecular formula is C14H16N4O4. The lowest BCUT2D eigenvalue weighted by molar-refractivity contribution is -0.00594. The average molecular weight is 304 g/mol. The van der Waals surface area contributed by atoms with Gasteiger partial charge in [0.25, 0.3) is 11.5 Å². The van der Waals surface area contributed by atoms with Gasteiger partial charge in [0.1, 0.15) is 5.82 Å². The Balaban J connectivity index is 1.94. The standard InChI is InChI=1S/C14H16N4O4/c1-8-5-12(22-17-8)14(20)18-3-4-21-7-11(18)10-6-13(19)16-9(2)15-10/h5-6,11H,3-4,7H2,1-2H3,(H,15,16,19)/t11-/m1/s1. The first-order valence-electron chi connectivity index (χ1n) is 6.94. The minimum atomic E-state index is -0.423. The van der Waals surface area contributed by atoms with Crippen LogP contribution in [0.5, 0.6) is 0 Å². The minimum Gasteiger partial charge on any atom is -0.377 e. The summed E-state index contributed by atoms with van der Waals surface area (Å²) in [4.78, 5) is 32.7. The monoisotopic (exact) mass is 304 g/mol. The number of nitrogens with zero attached hydrogens (tertiary/aromatic N) is 3. The first-order valence-corrected chi connectivity index (χ1v) is 6.94. The molecule has 8 heteroatoms. The van der Waals surface area contributed by atoms with E-state index in [0.29, 0.717) is 30.4 Å². The predicted octanol–water partition coefficient (Wildman–Crippen LogP) is 0.588. The van der Waals surface area contributed by atoms with Gasteiger partial charge in [0.05, 0.1) is 30.6 Å². The van der Waals surface area contributed by atoms with E-state index in [1.165, 1.54) is 6.07 Å². The number of rotatable bonds is 2. The number of aromatic amines is 1. The maximum absolute atomic E-state index is 12.6. The van der Waals surface area contributed by atoms with Gasteiger partial charge in [-0.25, -0.2) is 4.98 Å². The molecule has 8 nitrogen and oxygen atoms in total. The molecule has 1 aliphatic rings. The summed E-state index contributed by atoms with van der Waals surface area (Å²) in [6, 6.07) is 2.55. The number of hydrogen-bond donors (Lipinski definition) is 1. The van der Waals surface area contributed by atoms with E-state index in [2.05, 4.69) is 15.1 Å². The van der Waals surface area contributed by atoms with E-state index >= 15 is 0 Å². The fraction of sp³-hybridized carbons (Fsp3) is 0.429. The topological polar surface area (TPSA) is 101 Å². The third-order valence-corrected chi connectivity index (χ3v) is 3.45. The number of nitrogens with one attached hydrogen (secondary N) is 1. The van der Waals surface area contributed by atoms with Crippen molar-refractivity contribution in [3.8, 4) is 0 Å². The summed E-state index contributed by atoms with van der Waals surface area (Å²) < 4.78 is 10.5. The number of carbonyl (C=O) groups is 1. The zero-order valence-electron chi connectivity index (χ0n) is 12.3. The lowest BCUT2D eigenvalue weighted by Crippen LogP contribution is -2.44. The molecular weight excluding hydrogens is 288 g/mol. The lowest BCUT2D eigenvalue weighted by Gasteiger charge is -2.34. The molecule has 116 valence electrons. The summed E-state index contributed by atoms with van der Waals surface area (Å²) in [6.07, 6.45) is 0. The van der Waals surface area contributed by atoms with Crippen LogP contribution >= 0.6 is 0 Å². The van der Waals surface area contributed by atoms with Gasteiger partial charge < -0.3 is 19.1 Å². The maximum Gasteiger partial charge on any atom is 0.293 e. The highest BCUT2D eigenvalue weighted by atomic mass is 16.5. The maximum atomic E-state index is 12.6. The van der Waals surface area contributed by atoms with Gasteiger partial charge in [0.15, 0.2) is 0 Å². The van der Waals surface area contributed by atoms with Crippen LogP contribution in [0.2, 0.25) is 0 Å². The number of aryl methyl sites for hydroxylation is 2. The number of amides is 1. The summed E-state index contributed by atoms with van der Waals surface area (Å²) in [5.74, 6) is 0.385. The van der Waals surface area contributed by atoms with Gasteiger partial charge in [0.2, 0.25) is 5.76 Å². The number of ether oxygens (including phenoxy) is 1. The second-order valence-electron chi connectivity index (χ2n) is 5.18. The second kappa shape index (κ2) is 5.72. The van der Waals surface area contributed by atoms with Crippen LogP contribution in [0.1, 0.15) is 33.8 Å². The molecule has 1 saturated heterocycles. The molecule has 0 aliphatic carbocycles. The van der Waals surface area contributed by atoms with Crippen molar-refractivity contribution < 1.29 is 14.1 Å². The van der Waals surface area contributed by atoms with E-state index in [9.17, 15) is 9.59 Å². The third-order valence-electron chi connectivity index (χ3n) is 3.45. The van der Waals surface area contributed by atoms with Crippen molar-refractivity contribution in [1.29, 1.82) is 0 Å². The first-order chi connectivity index (χ1) is 10.5. The average Bonchev–Trinajstić information content (AvgIpc) is 2.92. The number of carbonyl (C=O) groups excluding carboxylic acids is 1. The zero-order chi connectivity index (χ0) is 15.7. The van der Waals surface area contributed by atoms with Gasteiger partial charge in [-0.3, -0.25) is 9.59 Å². The number of hydrogen-bond acceptors (Lipinski definition) is 6. The Morgan fingerprint density at radius 3 is 2.91 bits per heavy atom. The van der Waals surface area contributed by atoms with Crippen molar-refractivity contribution in [2.45, 2.75) is 19.9 Å². The van der Waals surface area contributed by atoms with Crippen LogP contribution < -0.4 is 5.56 Å². The van der Waals surface area contributed by atoms with Gasteiger partial charge in [0, 0.05) is 18.7 Å². The van der Waals surface area contributed by atoms with Gasteiger partial charge in [-0.15, -0.1) is 0 Å². The predicted molar refractivity (Wildman–Crippen MR) is 75.4 cm³/mol. The van der Waals surface area contributed by atoms with Crippen molar-refractivity contribution in [2.24, 2.45) is 0 Å². The molecule has 0 unspecified atom stereocenters. The molecule has 0 spiro atoms. The van der Waals surface area contributed by atoms with Crippen LogP contribution in [0.25, 0.3) is 0 Å². The van der Waals surface area contributed by atoms with E-state index in [1.54, 1.807) is 24.8 Å². The Hall–Kier alpha value is -2.48. The van der Waals surface area contributed by atoms with Gasteiger partial charge in [-0.1, -0.05) is 5.16 Å². The SMILES string of the molecule is Cc1cc(C(=O)N2CCOC[C@@H]2c2cc(=O)[nH]c(C)n2)on1. The highest BCUT2D eigenvalue weighted by molar-refractivity contribution is 5.91. The van der Waals surface area contributed by atoms with Gasteiger partial charge in [-0.2, -0.15) is 0 Å². The molecule has 1 amide bonds. The smallest absolute Gasteiger partial charge is 0.293 e. The quantitative estimate of drug-likeness (QED) is 0.871. The molecule has 1 aliphatic heterocycles. The Morgan fingerprint density at radius 1 is 1.41 bits per heavy atom. The molecule has 2 aromatic heterocycles. The Morgan fingerprint density at radius 2 is 2.23 bits per heavy atom. The molecule has 0 bridgehead atoms. The molecule has 22 heavy (non-hydrogen) atoms. The van der Waals surface area contributed by atoms with Crippen molar-refractivity contribution >= 4 is 5.91 Å². The highest BCUT2D eigenvalue weighted by Gasteiger charge is 2.32. The largest absolute Gasteiger partial charge is 0.377 e. The van der Waals surface area contributed by atoms with Crippen molar-refractivity contribution in [1.82, 2.24) is 20.0 Å². The third kappa shape index (κ3) is 2.77. The Labute approximate surface area is 126 Å². The van der Waals surface area contributed by atoms with Crippen LogP contribution in [0.15, 0.2) is 21.5 Å². The summed E-state index contributed by atoms with van der Waals surface area (Å²) in [7, 11) is 0. The summed E-state index contributed by atoms with van der Waals surface area (Å²) >= 11 is 0. The number of morpholine rings is 1. The fourth-order valence-corrected chi connectivity index (χ4v) is 2.47. The van der Waals surface area contributed by atoms with Crippen LogP contribution in [-0.4, -0.2) is 45.7 Å². The minimum absolute atomic E-state index is 0.172. The van der Waals surface area contributed by atoms with E-state index < -0.39 is 6.04 Å². The molecule has 0 aromatic carbocycles. The molecule has 3 rings (SSSR count). The van der Waals surface area contributed by atoms with Crippen LogP contribution in [0.3, 0.4) is 0 Å². The van der Waals surface area contributed by atoms with Gasteiger partial charge >= 0.3 is 0 Å². The number of H-pyrrole nitrogens is 1. The molecule has 0 radical (unpaired) electrons. The molecule has 3 heterocycles. The summed E-state index contributed by atoms with van der Waals surface area (Å²) in [5, 5.41) is 3.73. The summed E-state index contributed by atoms with van der Waals surface area (Å²) in [5.41, 5.74) is 0.889. The van der Waals surface area contributed by atoms with Crippen LogP contribution in [0.4, 0.5) is 0 Å². The Bertz CT molecular complexity index is 751. The normalized spacial score (nSPS) is 18.5. The molecule has 1 N–H and O–H groups in total. The first kappa shape index (κ1) is 14.5.